The molecule has 1 fully saturated rings. The largest absolute Gasteiger partial charge is 0.328 e. The highest BCUT2D eigenvalue weighted by molar-refractivity contribution is 5.08. The van der Waals surface area contributed by atoms with Crippen LogP contribution in [0.5, 0.6) is 0 Å². The predicted molar refractivity (Wildman–Crippen MR) is 76.3 cm³/mol. The maximum Gasteiger partial charge on any atom is 0.0299 e. The van der Waals surface area contributed by atoms with E-state index in [1.165, 1.54) is 50.5 Å². The van der Waals surface area contributed by atoms with E-state index < -0.39 is 0 Å². The number of hydrogen-bond acceptors (Lipinski definition) is 2. The molecule has 1 aliphatic carbocycles. The number of aromatic nitrogens is 1. The van der Waals surface area contributed by atoms with Crippen molar-refractivity contribution in [3.8, 4) is 0 Å². The van der Waals surface area contributed by atoms with Crippen LogP contribution in [0.1, 0.15) is 56.9 Å². The van der Waals surface area contributed by atoms with E-state index in [2.05, 4.69) is 11.1 Å². The van der Waals surface area contributed by atoms with Crippen LogP contribution in [0.4, 0.5) is 0 Å². The van der Waals surface area contributed by atoms with Crippen LogP contribution in [-0.4, -0.2) is 11.0 Å². The first kappa shape index (κ1) is 13.5. The second kappa shape index (κ2) is 7.52. The molecule has 1 unspecified atom stereocenters. The number of nitrogens with two attached hydrogens (primary N) is 1. The van der Waals surface area contributed by atoms with Gasteiger partial charge in [-0.3, -0.25) is 4.98 Å². The van der Waals surface area contributed by atoms with Gasteiger partial charge in [-0.1, -0.05) is 38.2 Å². The summed E-state index contributed by atoms with van der Waals surface area (Å²) >= 11 is 0. The Morgan fingerprint density at radius 1 is 1.22 bits per heavy atom. The molecule has 2 heteroatoms. The molecule has 0 bridgehead atoms. The normalized spacial score (nSPS) is 18.7. The van der Waals surface area contributed by atoms with Gasteiger partial charge in [0.25, 0.3) is 0 Å². The van der Waals surface area contributed by atoms with Gasteiger partial charge >= 0.3 is 0 Å². The molecule has 1 heterocycles. The molecule has 1 atom stereocenters. The van der Waals surface area contributed by atoms with Crippen molar-refractivity contribution in [1.29, 1.82) is 0 Å². The lowest BCUT2D eigenvalue weighted by Crippen LogP contribution is -2.22. The van der Waals surface area contributed by atoms with E-state index in [0.29, 0.717) is 6.04 Å². The number of rotatable bonds is 6. The van der Waals surface area contributed by atoms with E-state index in [-0.39, 0.29) is 0 Å². The SMILES string of the molecule is NC(CCc1cccnc1)CCC1CCCCC1. The van der Waals surface area contributed by atoms with Crippen LogP contribution in [0.2, 0.25) is 0 Å². The first-order chi connectivity index (χ1) is 8.84. The minimum absolute atomic E-state index is 0.368. The van der Waals surface area contributed by atoms with Gasteiger partial charge in [-0.05, 0) is 43.2 Å². The molecule has 0 saturated heterocycles. The van der Waals surface area contributed by atoms with Crippen molar-refractivity contribution in [3.05, 3.63) is 30.1 Å². The van der Waals surface area contributed by atoms with Gasteiger partial charge in [-0.25, -0.2) is 0 Å². The van der Waals surface area contributed by atoms with Crippen molar-refractivity contribution in [2.45, 2.75) is 63.8 Å². The van der Waals surface area contributed by atoms with E-state index in [1.54, 1.807) is 0 Å². The summed E-state index contributed by atoms with van der Waals surface area (Å²) in [5.41, 5.74) is 7.53. The first-order valence-electron chi connectivity index (χ1n) is 7.49. The summed E-state index contributed by atoms with van der Waals surface area (Å²) in [6, 6.07) is 4.51. The number of nitrogens with zero attached hydrogens (tertiary/aromatic N) is 1. The predicted octanol–water partition coefficient (Wildman–Crippen LogP) is 3.70. The standard InChI is InChI=1S/C16H26N2/c17-16(10-8-14-5-2-1-3-6-14)11-9-15-7-4-12-18-13-15/h4,7,12-14,16H,1-3,5-6,8-11,17H2. The van der Waals surface area contributed by atoms with Crippen molar-refractivity contribution in [3.63, 3.8) is 0 Å². The maximum absolute atomic E-state index is 6.22. The summed E-state index contributed by atoms with van der Waals surface area (Å²) in [4.78, 5) is 4.14. The van der Waals surface area contributed by atoms with Crippen molar-refractivity contribution in [1.82, 2.24) is 4.98 Å². The van der Waals surface area contributed by atoms with Gasteiger partial charge in [-0.15, -0.1) is 0 Å². The van der Waals surface area contributed by atoms with Gasteiger partial charge in [0.15, 0.2) is 0 Å². The third-order valence-electron chi connectivity index (χ3n) is 4.20. The molecule has 0 amide bonds. The van der Waals surface area contributed by atoms with Crippen molar-refractivity contribution in [2.24, 2.45) is 11.7 Å². The Hall–Kier alpha value is -0.890. The Balaban J connectivity index is 1.61. The Morgan fingerprint density at radius 2 is 2.06 bits per heavy atom. The fourth-order valence-corrected chi connectivity index (χ4v) is 2.97. The first-order valence-corrected chi connectivity index (χ1v) is 7.49. The van der Waals surface area contributed by atoms with E-state index in [1.807, 2.05) is 18.5 Å². The lowest BCUT2D eigenvalue weighted by atomic mass is 9.85. The third-order valence-corrected chi connectivity index (χ3v) is 4.20. The second-order valence-electron chi connectivity index (χ2n) is 5.74. The molecule has 0 spiro atoms. The number of pyridine rings is 1. The quantitative estimate of drug-likeness (QED) is 0.831. The summed E-state index contributed by atoms with van der Waals surface area (Å²) in [7, 11) is 0. The fourth-order valence-electron chi connectivity index (χ4n) is 2.97. The van der Waals surface area contributed by atoms with Crippen LogP contribution in [0, 0.1) is 5.92 Å². The lowest BCUT2D eigenvalue weighted by Gasteiger charge is -2.22. The van der Waals surface area contributed by atoms with E-state index in [9.17, 15) is 0 Å². The van der Waals surface area contributed by atoms with Crippen LogP contribution in [-0.2, 0) is 6.42 Å². The topological polar surface area (TPSA) is 38.9 Å². The van der Waals surface area contributed by atoms with Gasteiger partial charge in [0.05, 0.1) is 0 Å². The highest BCUT2D eigenvalue weighted by Crippen LogP contribution is 2.27. The monoisotopic (exact) mass is 246 g/mol. The molecule has 2 rings (SSSR count). The summed E-state index contributed by atoms with van der Waals surface area (Å²) in [5.74, 6) is 0.961. The minimum atomic E-state index is 0.368. The molecule has 1 aromatic heterocycles. The van der Waals surface area contributed by atoms with Crippen LogP contribution >= 0.6 is 0 Å². The molecule has 0 aliphatic heterocycles. The molecule has 0 radical (unpaired) electrons. The molecule has 18 heavy (non-hydrogen) atoms. The van der Waals surface area contributed by atoms with Crippen molar-refractivity contribution < 1.29 is 0 Å². The smallest absolute Gasteiger partial charge is 0.0299 e. The molecule has 1 saturated carbocycles. The van der Waals surface area contributed by atoms with Gasteiger partial charge in [-0.2, -0.15) is 0 Å². The number of aryl methyl sites for hydroxylation is 1. The Labute approximate surface area is 111 Å². The maximum atomic E-state index is 6.22. The lowest BCUT2D eigenvalue weighted by molar-refractivity contribution is 0.321. The summed E-state index contributed by atoms with van der Waals surface area (Å²) in [6.07, 6.45) is 15.7. The fraction of sp³-hybridized carbons (Fsp3) is 0.688. The Morgan fingerprint density at radius 3 is 2.78 bits per heavy atom. The Kier molecular flexibility index (Phi) is 5.66. The molecular formula is C16H26N2. The zero-order valence-corrected chi connectivity index (χ0v) is 11.4. The van der Waals surface area contributed by atoms with E-state index >= 15 is 0 Å². The van der Waals surface area contributed by atoms with E-state index in [4.69, 9.17) is 5.73 Å². The zero-order valence-electron chi connectivity index (χ0n) is 11.4. The third kappa shape index (κ3) is 4.77. The average molecular weight is 246 g/mol. The van der Waals surface area contributed by atoms with Crippen LogP contribution in [0.3, 0.4) is 0 Å². The molecule has 2 nitrogen and oxygen atoms in total. The van der Waals surface area contributed by atoms with Crippen molar-refractivity contribution >= 4 is 0 Å². The molecule has 0 aromatic carbocycles. The number of hydrogen-bond donors (Lipinski definition) is 1. The van der Waals surface area contributed by atoms with Crippen LogP contribution in [0.25, 0.3) is 0 Å². The van der Waals surface area contributed by atoms with Gasteiger partial charge in [0, 0.05) is 18.4 Å². The van der Waals surface area contributed by atoms with Gasteiger partial charge in [0.1, 0.15) is 0 Å². The Bertz CT molecular complexity index is 317. The second-order valence-corrected chi connectivity index (χ2v) is 5.74. The van der Waals surface area contributed by atoms with E-state index in [0.717, 1.165) is 18.8 Å². The van der Waals surface area contributed by atoms with Crippen LogP contribution in [0.15, 0.2) is 24.5 Å². The highest BCUT2D eigenvalue weighted by Gasteiger charge is 2.14. The molecule has 100 valence electrons. The molecule has 1 aliphatic rings. The summed E-state index contributed by atoms with van der Waals surface area (Å²) in [6.45, 7) is 0. The summed E-state index contributed by atoms with van der Waals surface area (Å²) < 4.78 is 0. The average Bonchev–Trinajstić information content (AvgIpc) is 2.45. The van der Waals surface area contributed by atoms with Gasteiger partial charge < -0.3 is 5.73 Å². The van der Waals surface area contributed by atoms with Crippen molar-refractivity contribution in [2.75, 3.05) is 0 Å². The highest BCUT2D eigenvalue weighted by atomic mass is 14.6. The zero-order chi connectivity index (χ0) is 12.6. The molecular weight excluding hydrogens is 220 g/mol. The molecule has 1 aromatic rings. The summed E-state index contributed by atoms with van der Waals surface area (Å²) in [5, 5.41) is 0. The van der Waals surface area contributed by atoms with Gasteiger partial charge in [0.2, 0.25) is 0 Å². The minimum Gasteiger partial charge on any atom is -0.328 e. The molecule has 2 N–H and O–H groups in total. The van der Waals surface area contributed by atoms with Crippen LogP contribution < -0.4 is 5.73 Å².